The summed E-state index contributed by atoms with van der Waals surface area (Å²) in [6.45, 7) is -0.388. The van der Waals surface area contributed by atoms with Gasteiger partial charge in [0, 0.05) is 5.02 Å². The van der Waals surface area contributed by atoms with E-state index in [0.717, 1.165) is 12.1 Å². The van der Waals surface area contributed by atoms with E-state index in [4.69, 9.17) is 11.6 Å². The number of rotatable bonds is 4. The fourth-order valence-corrected chi connectivity index (χ4v) is 2.01. The van der Waals surface area contributed by atoms with Gasteiger partial charge in [0.15, 0.2) is 0 Å². The summed E-state index contributed by atoms with van der Waals surface area (Å²) in [6, 6.07) is 8.66. The third-order valence-electron chi connectivity index (χ3n) is 2.87. The summed E-state index contributed by atoms with van der Waals surface area (Å²) in [5, 5.41) is 4.54. The zero-order valence-electron chi connectivity index (χ0n) is 11.5. The molecule has 2 rings (SSSR count). The summed E-state index contributed by atoms with van der Waals surface area (Å²) in [6.07, 6.45) is -4.66. The van der Waals surface area contributed by atoms with Crippen molar-refractivity contribution in [2.75, 3.05) is 17.2 Å². The molecule has 0 saturated carbocycles. The number of anilines is 2. The highest BCUT2D eigenvalue weighted by Crippen LogP contribution is 2.36. The van der Waals surface area contributed by atoms with Gasteiger partial charge in [-0.15, -0.1) is 0 Å². The van der Waals surface area contributed by atoms with Crippen molar-refractivity contribution in [2.24, 2.45) is 0 Å². The van der Waals surface area contributed by atoms with Gasteiger partial charge in [-0.05, 0) is 30.3 Å². The lowest BCUT2D eigenvalue weighted by Gasteiger charge is -2.14. The van der Waals surface area contributed by atoms with E-state index < -0.39 is 29.2 Å². The largest absolute Gasteiger partial charge is 0.418 e. The first kappa shape index (κ1) is 17.1. The Kier molecular flexibility index (Phi) is 5.10. The summed E-state index contributed by atoms with van der Waals surface area (Å²) in [4.78, 5) is 11.8. The van der Waals surface area contributed by atoms with Crippen LogP contribution in [0.4, 0.5) is 28.9 Å². The molecule has 0 aliphatic heterocycles. The molecule has 1 amide bonds. The quantitative estimate of drug-likeness (QED) is 0.797. The van der Waals surface area contributed by atoms with Crippen LogP contribution in [0.2, 0.25) is 5.02 Å². The molecular weight excluding hydrogens is 336 g/mol. The van der Waals surface area contributed by atoms with Gasteiger partial charge in [-0.2, -0.15) is 13.2 Å². The lowest BCUT2D eigenvalue weighted by Crippen LogP contribution is -2.23. The van der Waals surface area contributed by atoms with Crippen LogP contribution < -0.4 is 10.6 Å². The Balaban J connectivity index is 2.08. The molecule has 0 saturated heterocycles. The first-order chi connectivity index (χ1) is 10.8. The molecule has 23 heavy (non-hydrogen) atoms. The zero-order valence-corrected chi connectivity index (χ0v) is 12.3. The van der Waals surface area contributed by atoms with Crippen LogP contribution in [0.25, 0.3) is 0 Å². The van der Waals surface area contributed by atoms with Crippen molar-refractivity contribution in [3.05, 3.63) is 58.9 Å². The lowest BCUT2D eigenvalue weighted by atomic mass is 10.1. The molecule has 0 aromatic heterocycles. The van der Waals surface area contributed by atoms with Crippen LogP contribution in [0, 0.1) is 5.82 Å². The third-order valence-corrected chi connectivity index (χ3v) is 3.11. The van der Waals surface area contributed by atoms with E-state index in [1.165, 1.54) is 24.3 Å². The van der Waals surface area contributed by atoms with Crippen molar-refractivity contribution in [1.29, 1.82) is 0 Å². The molecule has 0 heterocycles. The van der Waals surface area contributed by atoms with Gasteiger partial charge in [-0.25, -0.2) is 4.39 Å². The SMILES string of the molecule is O=C(CNc1ccccc1F)Nc1ccc(Cl)cc1C(F)(F)F. The van der Waals surface area contributed by atoms with E-state index in [0.29, 0.717) is 0 Å². The Morgan fingerprint density at radius 1 is 1.09 bits per heavy atom. The highest BCUT2D eigenvalue weighted by molar-refractivity contribution is 6.30. The molecule has 2 N–H and O–H groups in total. The molecule has 0 unspecified atom stereocenters. The van der Waals surface area contributed by atoms with Crippen LogP contribution in [0.5, 0.6) is 0 Å². The summed E-state index contributed by atoms with van der Waals surface area (Å²) < 4.78 is 52.1. The Bertz CT molecular complexity index is 719. The molecule has 0 radical (unpaired) electrons. The predicted molar refractivity (Wildman–Crippen MR) is 80.0 cm³/mol. The highest BCUT2D eigenvalue weighted by atomic mass is 35.5. The molecule has 122 valence electrons. The van der Waals surface area contributed by atoms with Gasteiger partial charge >= 0.3 is 6.18 Å². The maximum absolute atomic E-state index is 13.4. The van der Waals surface area contributed by atoms with Gasteiger partial charge in [-0.3, -0.25) is 4.79 Å². The van der Waals surface area contributed by atoms with Crippen LogP contribution in [-0.4, -0.2) is 12.5 Å². The second-order valence-electron chi connectivity index (χ2n) is 4.57. The number of hydrogen-bond donors (Lipinski definition) is 2. The number of amides is 1. The van der Waals surface area contributed by atoms with E-state index in [9.17, 15) is 22.4 Å². The molecule has 0 bridgehead atoms. The van der Waals surface area contributed by atoms with E-state index in [2.05, 4.69) is 10.6 Å². The lowest BCUT2D eigenvalue weighted by molar-refractivity contribution is -0.137. The van der Waals surface area contributed by atoms with Crippen LogP contribution >= 0.6 is 11.6 Å². The summed E-state index contributed by atoms with van der Waals surface area (Å²) in [5.41, 5.74) is -1.39. The average Bonchev–Trinajstić information content (AvgIpc) is 2.47. The van der Waals surface area contributed by atoms with Crippen molar-refractivity contribution >= 4 is 28.9 Å². The molecule has 8 heteroatoms. The molecule has 0 aliphatic carbocycles. The molecule has 2 aromatic rings. The third kappa shape index (κ3) is 4.59. The topological polar surface area (TPSA) is 41.1 Å². The number of para-hydroxylation sites is 1. The average molecular weight is 347 g/mol. The van der Waals surface area contributed by atoms with Crippen molar-refractivity contribution in [3.8, 4) is 0 Å². The Morgan fingerprint density at radius 3 is 2.43 bits per heavy atom. The number of nitrogens with one attached hydrogen (secondary N) is 2. The number of halogens is 5. The van der Waals surface area contributed by atoms with Crippen LogP contribution in [0.15, 0.2) is 42.5 Å². The highest BCUT2D eigenvalue weighted by Gasteiger charge is 2.34. The summed E-state index contributed by atoms with van der Waals surface area (Å²) in [7, 11) is 0. The minimum atomic E-state index is -4.66. The van der Waals surface area contributed by atoms with Crippen molar-refractivity contribution < 1.29 is 22.4 Å². The van der Waals surface area contributed by atoms with Crippen LogP contribution in [0.1, 0.15) is 5.56 Å². The molecule has 0 atom stereocenters. The van der Waals surface area contributed by atoms with E-state index in [1.54, 1.807) is 6.07 Å². The van der Waals surface area contributed by atoms with Gasteiger partial charge < -0.3 is 10.6 Å². The number of benzene rings is 2. The molecular formula is C15H11ClF4N2O. The Labute approximate surface area is 134 Å². The fraction of sp³-hybridized carbons (Fsp3) is 0.133. The summed E-state index contributed by atoms with van der Waals surface area (Å²) in [5.74, 6) is -1.32. The van der Waals surface area contributed by atoms with Gasteiger partial charge in [0.1, 0.15) is 5.82 Å². The van der Waals surface area contributed by atoms with Crippen LogP contribution in [0.3, 0.4) is 0 Å². The number of carbonyl (C=O) groups is 1. The molecule has 0 spiro atoms. The Morgan fingerprint density at radius 2 is 1.78 bits per heavy atom. The molecule has 2 aromatic carbocycles. The Hall–Kier alpha value is -2.28. The molecule has 0 aliphatic rings. The first-order valence-electron chi connectivity index (χ1n) is 6.42. The van der Waals surface area contributed by atoms with Gasteiger partial charge in [0.05, 0.1) is 23.5 Å². The number of hydrogen-bond acceptors (Lipinski definition) is 2. The molecule has 3 nitrogen and oxygen atoms in total. The standard InChI is InChI=1S/C15H11ClF4N2O/c16-9-5-6-12(10(7-9)15(18,19)20)22-14(23)8-21-13-4-2-1-3-11(13)17/h1-7,21H,8H2,(H,22,23). The van der Waals surface area contributed by atoms with Crippen molar-refractivity contribution in [2.45, 2.75) is 6.18 Å². The number of carbonyl (C=O) groups excluding carboxylic acids is 1. The monoisotopic (exact) mass is 346 g/mol. The van der Waals surface area contributed by atoms with Gasteiger partial charge in [0.25, 0.3) is 0 Å². The minimum absolute atomic E-state index is 0.0785. The van der Waals surface area contributed by atoms with E-state index >= 15 is 0 Å². The maximum atomic E-state index is 13.4. The maximum Gasteiger partial charge on any atom is 0.418 e. The second-order valence-corrected chi connectivity index (χ2v) is 5.01. The van der Waals surface area contributed by atoms with Crippen LogP contribution in [-0.2, 0) is 11.0 Å². The predicted octanol–water partition coefficient (Wildman–Crippen LogP) is 4.55. The summed E-state index contributed by atoms with van der Waals surface area (Å²) >= 11 is 5.55. The van der Waals surface area contributed by atoms with E-state index in [1.807, 2.05) is 0 Å². The first-order valence-corrected chi connectivity index (χ1v) is 6.80. The van der Waals surface area contributed by atoms with Crippen molar-refractivity contribution in [1.82, 2.24) is 0 Å². The zero-order chi connectivity index (χ0) is 17.0. The smallest absolute Gasteiger partial charge is 0.374 e. The van der Waals surface area contributed by atoms with Gasteiger partial charge in [-0.1, -0.05) is 23.7 Å². The minimum Gasteiger partial charge on any atom is -0.374 e. The fourth-order valence-electron chi connectivity index (χ4n) is 1.83. The van der Waals surface area contributed by atoms with E-state index in [-0.39, 0.29) is 17.3 Å². The normalized spacial score (nSPS) is 11.2. The molecule has 0 fully saturated rings. The second kappa shape index (κ2) is 6.87. The van der Waals surface area contributed by atoms with Crippen molar-refractivity contribution in [3.63, 3.8) is 0 Å². The van der Waals surface area contributed by atoms with Gasteiger partial charge in [0.2, 0.25) is 5.91 Å². The number of alkyl halides is 3.